The summed E-state index contributed by atoms with van der Waals surface area (Å²) in [7, 11) is -2.18. The van der Waals surface area contributed by atoms with Gasteiger partial charge in [-0.25, -0.2) is 13.2 Å². The number of carboxylic acids is 1. The van der Waals surface area contributed by atoms with Gasteiger partial charge in [-0.2, -0.15) is 4.31 Å². The molecule has 1 aliphatic heterocycles. The van der Waals surface area contributed by atoms with Crippen molar-refractivity contribution in [3.8, 4) is 0 Å². The van der Waals surface area contributed by atoms with Crippen molar-refractivity contribution in [1.82, 2.24) is 4.31 Å². The first-order valence-electron chi connectivity index (χ1n) is 6.33. The molecule has 0 saturated carbocycles. The molecular formula is C13H16BrNO5S. The van der Waals surface area contributed by atoms with Crippen LogP contribution in [0.25, 0.3) is 0 Å². The molecule has 1 heterocycles. The van der Waals surface area contributed by atoms with Crippen LogP contribution in [0, 0.1) is 6.92 Å². The lowest BCUT2D eigenvalue weighted by Crippen LogP contribution is -2.30. The van der Waals surface area contributed by atoms with Crippen molar-refractivity contribution in [1.29, 1.82) is 0 Å². The quantitative estimate of drug-likeness (QED) is 0.865. The third kappa shape index (κ3) is 3.13. The van der Waals surface area contributed by atoms with Crippen molar-refractivity contribution < 1.29 is 23.1 Å². The number of halogens is 1. The molecule has 0 bridgehead atoms. The van der Waals surface area contributed by atoms with E-state index >= 15 is 0 Å². The van der Waals surface area contributed by atoms with Crippen LogP contribution in [0.2, 0.25) is 0 Å². The molecule has 0 spiro atoms. The van der Waals surface area contributed by atoms with Gasteiger partial charge in [0.1, 0.15) is 0 Å². The first-order valence-corrected chi connectivity index (χ1v) is 8.57. The minimum Gasteiger partial charge on any atom is -0.478 e. The lowest BCUT2D eigenvalue weighted by molar-refractivity contribution is 0.0696. The zero-order valence-corrected chi connectivity index (χ0v) is 14.1. The molecule has 1 atom stereocenters. The van der Waals surface area contributed by atoms with E-state index in [0.29, 0.717) is 23.0 Å². The van der Waals surface area contributed by atoms with Crippen molar-refractivity contribution in [3.63, 3.8) is 0 Å². The van der Waals surface area contributed by atoms with E-state index in [9.17, 15) is 13.2 Å². The van der Waals surface area contributed by atoms with Gasteiger partial charge in [-0.3, -0.25) is 0 Å². The summed E-state index contributed by atoms with van der Waals surface area (Å²) in [6.07, 6.45) is 0.514. The largest absolute Gasteiger partial charge is 0.478 e. The molecule has 8 heteroatoms. The molecule has 0 aliphatic carbocycles. The Labute approximate surface area is 131 Å². The fourth-order valence-electron chi connectivity index (χ4n) is 2.29. The predicted molar refractivity (Wildman–Crippen MR) is 80.0 cm³/mol. The van der Waals surface area contributed by atoms with Crippen LogP contribution in [0.5, 0.6) is 0 Å². The van der Waals surface area contributed by atoms with Crippen LogP contribution in [-0.2, 0) is 14.8 Å². The molecule has 1 aromatic rings. The number of rotatable bonds is 4. The second kappa shape index (κ2) is 6.04. The van der Waals surface area contributed by atoms with E-state index in [0.717, 1.165) is 0 Å². The van der Waals surface area contributed by atoms with Crippen LogP contribution in [-0.4, -0.2) is 50.1 Å². The van der Waals surface area contributed by atoms with Crippen molar-refractivity contribution in [3.05, 3.63) is 27.7 Å². The summed E-state index contributed by atoms with van der Waals surface area (Å²) in [5.74, 6) is -1.16. The van der Waals surface area contributed by atoms with Crippen molar-refractivity contribution >= 4 is 31.9 Å². The van der Waals surface area contributed by atoms with E-state index in [1.54, 1.807) is 14.0 Å². The Kier molecular flexibility index (Phi) is 4.72. The first-order chi connectivity index (χ1) is 9.77. The first kappa shape index (κ1) is 16.4. The number of hydrogen-bond acceptors (Lipinski definition) is 4. The minimum absolute atomic E-state index is 0.0195. The van der Waals surface area contributed by atoms with Gasteiger partial charge in [-0.05, 0) is 31.0 Å². The topological polar surface area (TPSA) is 83.9 Å². The summed E-state index contributed by atoms with van der Waals surface area (Å²) in [5.41, 5.74) is 0.439. The van der Waals surface area contributed by atoms with E-state index in [1.807, 2.05) is 0 Å². The molecule has 1 unspecified atom stereocenters. The number of methoxy groups -OCH3 is 1. The highest BCUT2D eigenvalue weighted by Crippen LogP contribution is 2.30. The number of hydrogen-bond donors (Lipinski definition) is 1. The molecule has 0 radical (unpaired) electrons. The summed E-state index contributed by atoms with van der Waals surface area (Å²) in [4.78, 5) is 11.1. The van der Waals surface area contributed by atoms with E-state index in [2.05, 4.69) is 15.9 Å². The highest BCUT2D eigenvalue weighted by Gasteiger charge is 2.34. The van der Waals surface area contributed by atoms with Crippen LogP contribution in [0.1, 0.15) is 22.3 Å². The number of ether oxygens (including phenoxy) is 1. The lowest BCUT2D eigenvalue weighted by Gasteiger charge is -2.18. The second-order valence-electron chi connectivity index (χ2n) is 4.90. The molecule has 0 aromatic heterocycles. The second-order valence-corrected chi connectivity index (χ2v) is 7.66. The SMILES string of the molecule is COC1CCN(S(=O)(=O)c2cc(C(=O)O)cc(Br)c2C)C1. The average Bonchev–Trinajstić information content (AvgIpc) is 2.90. The summed E-state index contributed by atoms with van der Waals surface area (Å²) >= 11 is 3.22. The molecule has 1 aliphatic rings. The van der Waals surface area contributed by atoms with Gasteiger partial charge in [0.05, 0.1) is 16.6 Å². The van der Waals surface area contributed by atoms with Crippen molar-refractivity contribution in [2.24, 2.45) is 0 Å². The van der Waals surface area contributed by atoms with Gasteiger partial charge in [0.25, 0.3) is 0 Å². The Morgan fingerprint density at radius 1 is 1.48 bits per heavy atom. The molecule has 1 saturated heterocycles. The van der Waals surface area contributed by atoms with Gasteiger partial charge in [-0.1, -0.05) is 15.9 Å². The Balaban J connectivity index is 2.47. The Morgan fingerprint density at radius 3 is 2.67 bits per heavy atom. The van der Waals surface area contributed by atoms with Gasteiger partial charge in [-0.15, -0.1) is 0 Å². The third-order valence-electron chi connectivity index (χ3n) is 3.60. The third-order valence-corrected chi connectivity index (χ3v) is 6.42. The highest BCUT2D eigenvalue weighted by atomic mass is 79.9. The smallest absolute Gasteiger partial charge is 0.335 e. The monoisotopic (exact) mass is 377 g/mol. The zero-order valence-electron chi connectivity index (χ0n) is 11.7. The summed E-state index contributed by atoms with van der Waals surface area (Å²) in [6, 6.07) is 2.61. The fraction of sp³-hybridized carbons (Fsp3) is 0.462. The van der Waals surface area contributed by atoms with Crippen LogP contribution in [0.3, 0.4) is 0 Å². The molecule has 1 aromatic carbocycles. The Morgan fingerprint density at radius 2 is 2.14 bits per heavy atom. The van der Waals surface area contributed by atoms with E-state index in [-0.39, 0.29) is 23.1 Å². The maximum Gasteiger partial charge on any atom is 0.335 e. The highest BCUT2D eigenvalue weighted by molar-refractivity contribution is 9.10. The van der Waals surface area contributed by atoms with E-state index in [4.69, 9.17) is 9.84 Å². The van der Waals surface area contributed by atoms with Crippen LogP contribution in [0.15, 0.2) is 21.5 Å². The number of aromatic carboxylic acids is 1. The molecule has 1 N–H and O–H groups in total. The van der Waals surface area contributed by atoms with Gasteiger partial charge < -0.3 is 9.84 Å². The lowest BCUT2D eigenvalue weighted by atomic mass is 10.1. The average molecular weight is 378 g/mol. The summed E-state index contributed by atoms with van der Waals surface area (Å²) in [5, 5.41) is 9.09. The van der Waals surface area contributed by atoms with Gasteiger partial charge in [0, 0.05) is 24.7 Å². The van der Waals surface area contributed by atoms with Gasteiger partial charge in [0.15, 0.2) is 0 Å². The van der Waals surface area contributed by atoms with Crippen LogP contribution < -0.4 is 0 Å². The maximum absolute atomic E-state index is 12.7. The Hall–Kier alpha value is -0.960. The van der Waals surface area contributed by atoms with Crippen molar-refractivity contribution in [2.75, 3.05) is 20.2 Å². The van der Waals surface area contributed by atoms with Gasteiger partial charge in [0.2, 0.25) is 10.0 Å². The molecule has 1 fully saturated rings. The molecule has 2 rings (SSSR count). The number of sulfonamides is 1. The zero-order chi connectivity index (χ0) is 15.8. The molecule has 21 heavy (non-hydrogen) atoms. The van der Waals surface area contributed by atoms with Crippen LogP contribution >= 0.6 is 15.9 Å². The minimum atomic E-state index is -3.73. The summed E-state index contributed by atoms with van der Waals surface area (Å²) < 4.78 is 32.4. The van der Waals surface area contributed by atoms with E-state index < -0.39 is 16.0 Å². The molecule has 0 amide bonds. The molecular weight excluding hydrogens is 362 g/mol. The molecule has 116 valence electrons. The maximum atomic E-state index is 12.7. The van der Waals surface area contributed by atoms with Gasteiger partial charge >= 0.3 is 5.97 Å². The number of benzene rings is 1. The fourth-order valence-corrected chi connectivity index (χ4v) is 4.64. The van der Waals surface area contributed by atoms with E-state index in [1.165, 1.54) is 16.4 Å². The molecule has 6 nitrogen and oxygen atoms in total. The standard InChI is InChI=1S/C13H16BrNO5S/c1-8-11(14)5-9(13(16)17)6-12(8)21(18,19)15-4-3-10(7-15)20-2/h5-6,10H,3-4,7H2,1-2H3,(H,16,17). The normalized spacial score (nSPS) is 19.9. The summed E-state index contributed by atoms with van der Waals surface area (Å²) in [6.45, 7) is 2.30. The number of nitrogens with zero attached hydrogens (tertiary/aromatic N) is 1. The van der Waals surface area contributed by atoms with Crippen LogP contribution in [0.4, 0.5) is 0 Å². The number of carboxylic acid groups (broad SMARTS) is 1. The number of carbonyl (C=O) groups is 1. The predicted octanol–water partition coefficient (Wildman–Crippen LogP) is 1.87. The van der Waals surface area contributed by atoms with Crippen molar-refractivity contribution in [2.45, 2.75) is 24.3 Å². The Bertz CT molecular complexity index is 673.